The van der Waals surface area contributed by atoms with Crippen molar-refractivity contribution in [3.05, 3.63) is 100 Å². The number of fused-ring (bicyclic) bond motifs is 2. The number of hydrogen-bond acceptors (Lipinski definition) is 3. The molecular formula is C25H23ClF2N2O. The van der Waals surface area contributed by atoms with E-state index in [1.807, 2.05) is 24.5 Å². The molecule has 5 rings (SSSR count). The van der Waals surface area contributed by atoms with E-state index in [9.17, 15) is 8.78 Å². The summed E-state index contributed by atoms with van der Waals surface area (Å²) in [6.07, 6.45) is 5.72. The average Bonchev–Trinajstić information content (AvgIpc) is 3.16. The highest BCUT2D eigenvalue weighted by Crippen LogP contribution is 2.43. The van der Waals surface area contributed by atoms with Crippen LogP contribution in [0.15, 0.2) is 60.9 Å². The second-order valence-corrected chi connectivity index (χ2v) is 8.81. The fraction of sp³-hybridized carbons (Fsp3) is 0.320. The maximum Gasteiger partial charge on any atom is 0.159 e. The number of halogens is 3. The fourth-order valence-corrected chi connectivity index (χ4v) is 4.93. The largest absolute Gasteiger partial charge is 0.365 e. The SMILES string of the molecule is Fc1ccc(C(Cl)c2ccc(CN3CCC4(CC3)OCc3ccncc34)cc2)cc1F. The second-order valence-electron chi connectivity index (χ2n) is 8.37. The molecule has 31 heavy (non-hydrogen) atoms. The van der Waals surface area contributed by atoms with Crippen LogP contribution in [-0.2, 0) is 23.5 Å². The van der Waals surface area contributed by atoms with Crippen LogP contribution in [0.4, 0.5) is 8.78 Å². The topological polar surface area (TPSA) is 25.4 Å². The summed E-state index contributed by atoms with van der Waals surface area (Å²) in [6.45, 7) is 3.46. The molecule has 0 amide bonds. The fourth-order valence-electron chi connectivity index (χ4n) is 4.65. The van der Waals surface area contributed by atoms with Crippen molar-refractivity contribution in [1.82, 2.24) is 9.88 Å². The molecule has 0 aliphatic carbocycles. The molecule has 1 spiro atoms. The van der Waals surface area contributed by atoms with Crippen LogP contribution in [0.1, 0.15) is 46.0 Å². The second kappa shape index (κ2) is 8.30. The van der Waals surface area contributed by atoms with Gasteiger partial charge >= 0.3 is 0 Å². The van der Waals surface area contributed by atoms with E-state index < -0.39 is 17.0 Å². The molecule has 1 atom stereocenters. The van der Waals surface area contributed by atoms with Gasteiger partial charge in [-0.3, -0.25) is 9.88 Å². The lowest BCUT2D eigenvalue weighted by molar-refractivity contribution is -0.0800. The maximum atomic E-state index is 13.5. The summed E-state index contributed by atoms with van der Waals surface area (Å²) in [4.78, 5) is 6.74. The van der Waals surface area contributed by atoms with Gasteiger partial charge in [-0.2, -0.15) is 0 Å². The monoisotopic (exact) mass is 440 g/mol. The van der Waals surface area contributed by atoms with E-state index in [1.165, 1.54) is 22.8 Å². The Hall–Kier alpha value is -2.34. The molecule has 1 aromatic heterocycles. The van der Waals surface area contributed by atoms with Crippen molar-refractivity contribution < 1.29 is 13.5 Å². The van der Waals surface area contributed by atoms with E-state index in [0.717, 1.165) is 50.2 Å². The summed E-state index contributed by atoms with van der Waals surface area (Å²) in [5, 5.41) is -0.521. The molecule has 0 radical (unpaired) electrons. The minimum Gasteiger partial charge on any atom is -0.365 e. The molecule has 1 fully saturated rings. The molecule has 2 aromatic carbocycles. The normalized spacial score (nSPS) is 18.8. The zero-order valence-corrected chi connectivity index (χ0v) is 17.8. The zero-order valence-electron chi connectivity index (χ0n) is 17.0. The van der Waals surface area contributed by atoms with Gasteiger partial charge in [0.05, 0.1) is 17.6 Å². The summed E-state index contributed by atoms with van der Waals surface area (Å²) < 4.78 is 32.9. The zero-order chi connectivity index (χ0) is 21.4. The highest BCUT2D eigenvalue weighted by atomic mass is 35.5. The van der Waals surface area contributed by atoms with Crippen molar-refractivity contribution in [2.24, 2.45) is 0 Å². The molecule has 6 heteroatoms. The van der Waals surface area contributed by atoms with Gasteiger partial charge in [0, 0.05) is 37.6 Å². The average molecular weight is 441 g/mol. The Morgan fingerprint density at radius 1 is 1.00 bits per heavy atom. The third kappa shape index (κ3) is 3.98. The van der Waals surface area contributed by atoms with Gasteiger partial charge in [-0.05, 0) is 53.3 Å². The van der Waals surface area contributed by atoms with Crippen LogP contribution >= 0.6 is 11.6 Å². The maximum absolute atomic E-state index is 13.5. The first-order chi connectivity index (χ1) is 15.0. The molecule has 0 bridgehead atoms. The number of nitrogens with zero attached hydrogens (tertiary/aromatic N) is 2. The third-order valence-electron chi connectivity index (χ3n) is 6.48. The summed E-state index contributed by atoms with van der Waals surface area (Å²) in [7, 11) is 0. The van der Waals surface area contributed by atoms with Gasteiger partial charge in [0.25, 0.3) is 0 Å². The number of rotatable bonds is 4. The van der Waals surface area contributed by atoms with Crippen LogP contribution < -0.4 is 0 Å². The molecule has 160 valence electrons. The van der Waals surface area contributed by atoms with Gasteiger partial charge in [-0.1, -0.05) is 30.3 Å². The Morgan fingerprint density at radius 3 is 2.48 bits per heavy atom. The van der Waals surface area contributed by atoms with Crippen LogP contribution in [0.3, 0.4) is 0 Å². The Labute approximate surface area is 185 Å². The lowest BCUT2D eigenvalue weighted by atomic mass is 9.84. The third-order valence-corrected chi connectivity index (χ3v) is 6.99. The molecule has 3 aromatic rings. The van der Waals surface area contributed by atoms with Crippen LogP contribution in [0.2, 0.25) is 0 Å². The van der Waals surface area contributed by atoms with Crippen molar-refractivity contribution in [3.63, 3.8) is 0 Å². The lowest BCUT2D eigenvalue weighted by Crippen LogP contribution is -2.42. The number of piperidine rings is 1. The van der Waals surface area contributed by atoms with E-state index in [0.29, 0.717) is 12.2 Å². The smallest absolute Gasteiger partial charge is 0.159 e. The first kappa shape index (κ1) is 20.6. The van der Waals surface area contributed by atoms with E-state index in [-0.39, 0.29) is 5.60 Å². The molecule has 1 unspecified atom stereocenters. The van der Waals surface area contributed by atoms with Gasteiger partial charge < -0.3 is 4.74 Å². The molecule has 2 aliphatic rings. The first-order valence-corrected chi connectivity index (χ1v) is 11.0. The molecule has 3 heterocycles. The van der Waals surface area contributed by atoms with E-state index in [1.54, 1.807) is 0 Å². The first-order valence-electron chi connectivity index (χ1n) is 10.5. The minimum absolute atomic E-state index is 0.180. The predicted octanol–water partition coefficient (Wildman–Crippen LogP) is 5.71. The van der Waals surface area contributed by atoms with Crippen molar-refractivity contribution >= 4 is 11.6 Å². The quantitative estimate of drug-likeness (QED) is 0.486. The van der Waals surface area contributed by atoms with Gasteiger partial charge in [0.1, 0.15) is 0 Å². The highest BCUT2D eigenvalue weighted by Gasteiger charge is 2.42. The van der Waals surface area contributed by atoms with Crippen LogP contribution in [0.25, 0.3) is 0 Å². The van der Waals surface area contributed by atoms with E-state index in [4.69, 9.17) is 16.3 Å². The summed E-state index contributed by atoms with van der Waals surface area (Å²) >= 11 is 6.49. The highest BCUT2D eigenvalue weighted by molar-refractivity contribution is 6.22. The number of ether oxygens (including phenoxy) is 1. The van der Waals surface area contributed by atoms with Crippen LogP contribution in [-0.4, -0.2) is 23.0 Å². The van der Waals surface area contributed by atoms with E-state index >= 15 is 0 Å². The molecule has 1 saturated heterocycles. The number of likely N-dealkylation sites (tertiary alicyclic amines) is 1. The molecule has 2 aliphatic heterocycles. The number of pyridine rings is 1. The Morgan fingerprint density at radius 2 is 1.74 bits per heavy atom. The van der Waals surface area contributed by atoms with Crippen molar-refractivity contribution in [2.75, 3.05) is 13.1 Å². The van der Waals surface area contributed by atoms with Gasteiger partial charge in [0.15, 0.2) is 11.6 Å². The van der Waals surface area contributed by atoms with Gasteiger partial charge in [0.2, 0.25) is 0 Å². The number of hydrogen-bond donors (Lipinski definition) is 0. The van der Waals surface area contributed by atoms with Crippen LogP contribution in [0, 0.1) is 11.6 Å². The summed E-state index contributed by atoms with van der Waals surface area (Å²) in [5.41, 5.74) is 4.93. The summed E-state index contributed by atoms with van der Waals surface area (Å²) in [5.74, 6) is -1.75. The standard InChI is InChI=1S/C25H23ClF2N2O/c26-24(19-5-6-22(27)23(28)13-19)18-3-1-17(2-4-18)15-30-11-8-25(9-12-30)21-14-29-10-7-20(21)16-31-25/h1-7,10,13-14,24H,8-9,11-12,15-16H2. The Bertz CT molecular complexity index is 1080. The van der Waals surface area contributed by atoms with Gasteiger partial charge in [-0.25, -0.2) is 8.78 Å². The van der Waals surface area contributed by atoms with Crippen molar-refractivity contribution in [2.45, 2.75) is 37.0 Å². The van der Waals surface area contributed by atoms with E-state index in [2.05, 4.69) is 28.1 Å². The number of aromatic nitrogens is 1. The van der Waals surface area contributed by atoms with Gasteiger partial charge in [-0.15, -0.1) is 11.6 Å². The van der Waals surface area contributed by atoms with Crippen molar-refractivity contribution in [1.29, 1.82) is 0 Å². The molecular weight excluding hydrogens is 418 g/mol. The van der Waals surface area contributed by atoms with Crippen LogP contribution in [0.5, 0.6) is 0 Å². The Kier molecular flexibility index (Phi) is 5.51. The lowest BCUT2D eigenvalue weighted by Gasteiger charge is -2.39. The Balaban J connectivity index is 1.22. The predicted molar refractivity (Wildman–Crippen MR) is 116 cm³/mol. The molecule has 3 nitrogen and oxygen atoms in total. The summed E-state index contributed by atoms with van der Waals surface area (Å²) in [6, 6.07) is 13.9. The molecule has 0 saturated carbocycles. The minimum atomic E-state index is -0.882. The molecule has 0 N–H and O–H groups in total. The number of alkyl halides is 1. The van der Waals surface area contributed by atoms with Crippen molar-refractivity contribution in [3.8, 4) is 0 Å². The number of benzene rings is 2.